The average Bonchev–Trinajstić information content (AvgIpc) is 3.78. The predicted octanol–water partition coefficient (Wildman–Crippen LogP) is 14.1. The minimum atomic E-state index is -0.146. The molecule has 0 saturated carbocycles. The van der Waals surface area contributed by atoms with Gasteiger partial charge in [-0.3, -0.25) is 0 Å². The van der Waals surface area contributed by atoms with Crippen LogP contribution in [0, 0.1) is 0 Å². The van der Waals surface area contributed by atoms with Crippen molar-refractivity contribution in [3.05, 3.63) is 199 Å². The van der Waals surface area contributed by atoms with Crippen LogP contribution in [0.5, 0.6) is 0 Å². The standard InChI is InChI=1S/C54H37N3O/c1-54(2)46-28-12-11-23-41(46)42-26-14-25-40(50(42)54)37-30-31-47-45(33-37)49-44(27-15-29-48(49)58-47)53-56-51(38-21-13-20-36(32-38)34-16-5-3-6-17-34)55-52(57-53)43-24-10-9-22-39(43)35-18-7-4-8-19-35/h3-33H,1-2H3. The van der Waals surface area contributed by atoms with Crippen LogP contribution in [-0.2, 0) is 5.41 Å². The first-order valence-electron chi connectivity index (χ1n) is 19.8. The third-order valence-electron chi connectivity index (χ3n) is 11.7. The average molecular weight is 744 g/mol. The highest BCUT2D eigenvalue weighted by Crippen LogP contribution is 2.52. The maximum absolute atomic E-state index is 6.59. The minimum Gasteiger partial charge on any atom is -0.456 e. The van der Waals surface area contributed by atoms with E-state index < -0.39 is 0 Å². The molecule has 1 aliphatic rings. The van der Waals surface area contributed by atoms with E-state index in [-0.39, 0.29) is 5.41 Å². The van der Waals surface area contributed by atoms with Crippen molar-refractivity contribution < 1.29 is 4.42 Å². The molecule has 0 saturated heterocycles. The van der Waals surface area contributed by atoms with E-state index in [1.54, 1.807) is 0 Å². The van der Waals surface area contributed by atoms with Gasteiger partial charge in [-0.1, -0.05) is 178 Å². The van der Waals surface area contributed by atoms with Crippen LogP contribution in [0.1, 0.15) is 25.0 Å². The highest BCUT2D eigenvalue weighted by molar-refractivity contribution is 6.13. The highest BCUT2D eigenvalue weighted by atomic mass is 16.3. The maximum Gasteiger partial charge on any atom is 0.164 e. The predicted molar refractivity (Wildman–Crippen MR) is 237 cm³/mol. The van der Waals surface area contributed by atoms with Crippen LogP contribution in [0.3, 0.4) is 0 Å². The zero-order chi connectivity index (χ0) is 38.8. The molecular weight excluding hydrogens is 707 g/mol. The van der Waals surface area contributed by atoms with Gasteiger partial charge >= 0.3 is 0 Å². The number of hydrogen-bond donors (Lipinski definition) is 0. The monoisotopic (exact) mass is 743 g/mol. The van der Waals surface area contributed by atoms with Crippen LogP contribution in [-0.4, -0.2) is 15.0 Å². The number of aromatic nitrogens is 3. The quantitative estimate of drug-likeness (QED) is 0.170. The summed E-state index contributed by atoms with van der Waals surface area (Å²) in [7, 11) is 0. The Bertz CT molecular complexity index is 3200. The van der Waals surface area contributed by atoms with Crippen molar-refractivity contribution >= 4 is 21.9 Å². The van der Waals surface area contributed by atoms with Crippen LogP contribution in [0.2, 0.25) is 0 Å². The molecule has 0 bridgehead atoms. The Hall–Kier alpha value is -7.43. The fourth-order valence-corrected chi connectivity index (χ4v) is 9.03. The molecule has 0 N–H and O–H groups in total. The summed E-state index contributed by atoms with van der Waals surface area (Å²) >= 11 is 0. The highest BCUT2D eigenvalue weighted by Gasteiger charge is 2.37. The summed E-state index contributed by atoms with van der Waals surface area (Å²) in [4.78, 5) is 15.8. The zero-order valence-electron chi connectivity index (χ0n) is 32.1. The van der Waals surface area contributed by atoms with E-state index in [9.17, 15) is 0 Å². The molecule has 274 valence electrons. The number of nitrogens with zero attached hydrogens (tertiary/aromatic N) is 3. The molecule has 2 aromatic heterocycles. The molecule has 0 atom stereocenters. The van der Waals surface area contributed by atoms with Crippen LogP contribution in [0.25, 0.3) is 101 Å². The number of rotatable bonds is 6. The van der Waals surface area contributed by atoms with Gasteiger partial charge in [0.05, 0.1) is 0 Å². The lowest BCUT2D eigenvalue weighted by Crippen LogP contribution is -2.16. The molecule has 1 aliphatic carbocycles. The van der Waals surface area contributed by atoms with Crippen LogP contribution in [0.15, 0.2) is 192 Å². The molecule has 0 amide bonds. The lowest BCUT2D eigenvalue weighted by Gasteiger charge is -2.24. The SMILES string of the molecule is CC1(C)c2ccccc2-c2cccc(-c3ccc4oc5cccc(-c6nc(-c7cccc(-c8ccccc8)c7)nc(-c7ccccc7-c7ccccc7)n6)c5c4c3)c21. The van der Waals surface area contributed by atoms with Crippen molar-refractivity contribution in [3.8, 4) is 78.7 Å². The van der Waals surface area contributed by atoms with Gasteiger partial charge in [0.25, 0.3) is 0 Å². The second-order valence-corrected chi connectivity index (χ2v) is 15.6. The summed E-state index contributed by atoms with van der Waals surface area (Å²) in [5.41, 5.74) is 16.3. The fraction of sp³-hybridized carbons (Fsp3) is 0.0556. The van der Waals surface area contributed by atoms with Crippen LogP contribution < -0.4 is 0 Å². The second kappa shape index (κ2) is 13.4. The molecule has 0 unspecified atom stereocenters. The van der Waals surface area contributed by atoms with Crippen LogP contribution in [0.4, 0.5) is 0 Å². The van der Waals surface area contributed by atoms with Gasteiger partial charge in [-0.25, -0.2) is 15.0 Å². The van der Waals surface area contributed by atoms with Gasteiger partial charge in [0.1, 0.15) is 11.2 Å². The minimum absolute atomic E-state index is 0.146. The summed E-state index contributed by atoms with van der Waals surface area (Å²) in [6.45, 7) is 4.68. The maximum atomic E-state index is 6.59. The van der Waals surface area contributed by atoms with E-state index in [1.165, 1.54) is 27.8 Å². The topological polar surface area (TPSA) is 51.8 Å². The Kier molecular flexibility index (Phi) is 7.80. The fourth-order valence-electron chi connectivity index (χ4n) is 9.03. The Balaban J connectivity index is 1.13. The van der Waals surface area contributed by atoms with Gasteiger partial charge in [-0.2, -0.15) is 0 Å². The summed E-state index contributed by atoms with van der Waals surface area (Å²) in [6.07, 6.45) is 0. The Morgan fingerprint density at radius 3 is 1.74 bits per heavy atom. The normalized spacial score (nSPS) is 12.8. The molecule has 8 aromatic carbocycles. The van der Waals surface area contributed by atoms with E-state index >= 15 is 0 Å². The summed E-state index contributed by atoms with van der Waals surface area (Å²) in [5, 5.41) is 2.00. The number of fused-ring (bicyclic) bond motifs is 6. The molecule has 0 fully saturated rings. The number of benzene rings is 8. The van der Waals surface area contributed by atoms with Gasteiger partial charge in [0.15, 0.2) is 17.5 Å². The third kappa shape index (κ3) is 5.48. The molecule has 11 rings (SSSR count). The summed E-state index contributed by atoms with van der Waals surface area (Å²) < 4.78 is 6.59. The summed E-state index contributed by atoms with van der Waals surface area (Å²) in [5.74, 6) is 1.80. The Morgan fingerprint density at radius 2 is 0.931 bits per heavy atom. The first-order chi connectivity index (χ1) is 28.5. The zero-order valence-corrected chi connectivity index (χ0v) is 32.1. The lowest BCUT2D eigenvalue weighted by atomic mass is 9.79. The van der Waals surface area contributed by atoms with E-state index in [2.05, 4.69) is 172 Å². The van der Waals surface area contributed by atoms with E-state index in [0.717, 1.165) is 66.4 Å². The summed E-state index contributed by atoms with van der Waals surface area (Å²) in [6, 6.07) is 65.9. The number of furan rings is 1. The molecule has 58 heavy (non-hydrogen) atoms. The van der Waals surface area contributed by atoms with E-state index in [4.69, 9.17) is 19.4 Å². The van der Waals surface area contributed by atoms with Gasteiger partial charge in [0.2, 0.25) is 0 Å². The molecule has 0 radical (unpaired) electrons. The molecule has 0 aliphatic heterocycles. The second-order valence-electron chi connectivity index (χ2n) is 15.6. The first kappa shape index (κ1) is 33.9. The van der Waals surface area contributed by atoms with Gasteiger partial charge in [-0.05, 0) is 79.9 Å². The first-order valence-corrected chi connectivity index (χ1v) is 19.8. The molecule has 0 spiro atoms. The molecule has 10 aromatic rings. The molecule has 2 heterocycles. The smallest absolute Gasteiger partial charge is 0.164 e. The van der Waals surface area contributed by atoms with Crippen molar-refractivity contribution in [1.29, 1.82) is 0 Å². The molecule has 4 nitrogen and oxygen atoms in total. The van der Waals surface area contributed by atoms with Crippen molar-refractivity contribution in [2.24, 2.45) is 0 Å². The number of hydrogen-bond acceptors (Lipinski definition) is 4. The van der Waals surface area contributed by atoms with Crippen molar-refractivity contribution in [2.45, 2.75) is 19.3 Å². The van der Waals surface area contributed by atoms with E-state index in [0.29, 0.717) is 17.5 Å². The third-order valence-corrected chi connectivity index (χ3v) is 11.7. The Morgan fingerprint density at radius 1 is 0.362 bits per heavy atom. The van der Waals surface area contributed by atoms with Gasteiger partial charge in [-0.15, -0.1) is 0 Å². The van der Waals surface area contributed by atoms with Crippen molar-refractivity contribution in [1.82, 2.24) is 15.0 Å². The van der Waals surface area contributed by atoms with Gasteiger partial charge < -0.3 is 4.42 Å². The lowest BCUT2D eigenvalue weighted by molar-refractivity contribution is 0.662. The molecular formula is C54H37N3O. The van der Waals surface area contributed by atoms with E-state index in [1.807, 2.05) is 30.3 Å². The molecule has 4 heteroatoms. The van der Waals surface area contributed by atoms with Crippen LogP contribution >= 0.6 is 0 Å². The van der Waals surface area contributed by atoms with Crippen molar-refractivity contribution in [2.75, 3.05) is 0 Å². The largest absolute Gasteiger partial charge is 0.456 e. The Labute approximate surface area is 337 Å². The van der Waals surface area contributed by atoms with Gasteiger partial charge in [0, 0.05) is 32.9 Å². The van der Waals surface area contributed by atoms with Crippen molar-refractivity contribution in [3.63, 3.8) is 0 Å².